The molecule has 1 aromatic heterocycles. The van der Waals surface area contributed by atoms with Crippen LogP contribution in [0.1, 0.15) is 6.92 Å². The minimum atomic E-state index is -0.445. The van der Waals surface area contributed by atoms with Crippen LogP contribution in [0.3, 0.4) is 0 Å². The molecule has 0 unspecified atom stereocenters. The van der Waals surface area contributed by atoms with Crippen molar-refractivity contribution in [3.63, 3.8) is 0 Å². The van der Waals surface area contributed by atoms with Crippen LogP contribution < -0.4 is 10.1 Å². The third-order valence-corrected chi connectivity index (χ3v) is 2.70. The molecule has 0 amide bonds. The fourth-order valence-electron chi connectivity index (χ4n) is 1.33. The summed E-state index contributed by atoms with van der Waals surface area (Å²) in [5.41, 5.74) is 0. The summed E-state index contributed by atoms with van der Waals surface area (Å²) in [5.74, 6) is 0.367. The Morgan fingerprint density at radius 3 is 2.79 bits per heavy atom. The van der Waals surface area contributed by atoms with Gasteiger partial charge in [0.15, 0.2) is 0 Å². The normalized spacial score (nSPS) is 10.3. The van der Waals surface area contributed by atoms with E-state index in [4.69, 9.17) is 27.9 Å². The standard InChI is InChI=1S/C12H10Cl2FN3O/c1-2-16-12-17-6-9(14)11(18-12)19-10-4-3-7(15)5-8(10)13/h3-6H,2H2,1H3,(H,16,17,18). The second-order valence-corrected chi connectivity index (χ2v) is 4.37. The fraction of sp³-hybridized carbons (Fsp3) is 0.167. The lowest BCUT2D eigenvalue weighted by atomic mass is 10.3. The molecule has 2 aromatic rings. The maximum absolute atomic E-state index is 12.9. The third kappa shape index (κ3) is 3.45. The second-order valence-electron chi connectivity index (χ2n) is 3.55. The van der Waals surface area contributed by atoms with Crippen LogP contribution in [0.2, 0.25) is 10.0 Å². The van der Waals surface area contributed by atoms with Crippen molar-refractivity contribution in [3.8, 4) is 11.6 Å². The van der Waals surface area contributed by atoms with Crippen molar-refractivity contribution in [1.29, 1.82) is 0 Å². The lowest BCUT2D eigenvalue weighted by Gasteiger charge is -2.09. The van der Waals surface area contributed by atoms with Crippen molar-refractivity contribution in [2.75, 3.05) is 11.9 Å². The van der Waals surface area contributed by atoms with Gasteiger partial charge in [0.05, 0.1) is 11.2 Å². The number of halogens is 3. The van der Waals surface area contributed by atoms with E-state index >= 15 is 0 Å². The van der Waals surface area contributed by atoms with Crippen molar-refractivity contribution in [2.45, 2.75) is 6.92 Å². The quantitative estimate of drug-likeness (QED) is 0.921. The number of aromatic nitrogens is 2. The summed E-state index contributed by atoms with van der Waals surface area (Å²) in [6.45, 7) is 2.58. The van der Waals surface area contributed by atoms with Crippen molar-refractivity contribution < 1.29 is 9.13 Å². The molecule has 4 nitrogen and oxygen atoms in total. The van der Waals surface area contributed by atoms with Gasteiger partial charge in [-0.2, -0.15) is 4.98 Å². The van der Waals surface area contributed by atoms with Gasteiger partial charge in [-0.3, -0.25) is 0 Å². The Hall–Kier alpha value is -1.59. The van der Waals surface area contributed by atoms with Gasteiger partial charge in [-0.15, -0.1) is 0 Å². The number of hydrogen-bond acceptors (Lipinski definition) is 4. The summed E-state index contributed by atoms with van der Waals surface area (Å²) in [7, 11) is 0. The summed E-state index contributed by atoms with van der Waals surface area (Å²) >= 11 is 11.8. The molecule has 0 aliphatic heterocycles. The van der Waals surface area contributed by atoms with Gasteiger partial charge in [0.2, 0.25) is 11.8 Å². The number of nitrogens with one attached hydrogen (secondary N) is 1. The molecule has 1 aromatic carbocycles. The first-order valence-corrected chi connectivity index (χ1v) is 6.25. The average Bonchev–Trinajstić information content (AvgIpc) is 2.37. The Kier molecular flexibility index (Phi) is 4.39. The van der Waals surface area contributed by atoms with Crippen LogP contribution >= 0.6 is 23.2 Å². The first-order chi connectivity index (χ1) is 9.10. The van der Waals surface area contributed by atoms with Crippen LogP contribution in [-0.2, 0) is 0 Å². The molecule has 100 valence electrons. The molecule has 0 aliphatic carbocycles. The van der Waals surface area contributed by atoms with E-state index in [-0.39, 0.29) is 21.7 Å². The molecular weight excluding hydrogens is 292 g/mol. The van der Waals surface area contributed by atoms with Gasteiger partial charge in [-0.05, 0) is 25.1 Å². The molecule has 2 rings (SSSR count). The Morgan fingerprint density at radius 2 is 2.11 bits per heavy atom. The monoisotopic (exact) mass is 301 g/mol. The number of rotatable bonds is 4. The van der Waals surface area contributed by atoms with Crippen molar-refractivity contribution in [3.05, 3.63) is 40.3 Å². The van der Waals surface area contributed by atoms with E-state index in [1.165, 1.54) is 18.3 Å². The van der Waals surface area contributed by atoms with Gasteiger partial charge >= 0.3 is 0 Å². The highest BCUT2D eigenvalue weighted by Gasteiger charge is 2.10. The second kappa shape index (κ2) is 6.04. The van der Waals surface area contributed by atoms with Gasteiger partial charge in [-0.1, -0.05) is 23.2 Å². The summed E-state index contributed by atoms with van der Waals surface area (Å²) in [4.78, 5) is 8.07. The van der Waals surface area contributed by atoms with E-state index in [1.54, 1.807) is 0 Å². The molecule has 0 bridgehead atoms. The smallest absolute Gasteiger partial charge is 0.243 e. The van der Waals surface area contributed by atoms with E-state index in [2.05, 4.69) is 15.3 Å². The minimum absolute atomic E-state index is 0.139. The molecule has 19 heavy (non-hydrogen) atoms. The van der Waals surface area contributed by atoms with Gasteiger partial charge in [0.25, 0.3) is 0 Å². The number of anilines is 1. The Balaban J connectivity index is 2.29. The molecule has 0 fully saturated rings. The Labute approximate surface area is 119 Å². The zero-order valence-corrected chi connectivity index (χ0v) is 11.5. The van der Waals surface area contributed by atoms with Crippen molar-refractivity contribution in [1.82, 2.24) is 9.97 Å². The highest BCUT2D eigenvalue weighted by molar-refractivity contribution is 6.32. The van der Waals surface area contributed by atoms with E-state index in [9.17, 15) is 4.39 Å². The van der Waals surface area contributed by atoms with Crippen LogP contribution in [0.15, 0.2) is 24.4 Å². The van der Waals surface area contributed by atoms with Crippen LogP contribution in [0.5, 0.6) is 11.6 Å². The SMILES string of the molecule is CCNc1ncc(Cl)c(Oc2ccc(F)cc2Cl)n1. The van der Waals surface area contributed by atoms with Crippen LogP contribution in [0.4, 0.5) is 10.3 Å². The maximum Gasteiger partial charge on any atom is 0.243 e. The Morgan fingerprint density at radius 1 is 1.32 bits per heavy atom. The largest absolute Gasteiger partial charge is 0.436 e. The first kappa shape index (κ1) is 13.8. The first-order valence-electron chi connectivity index (χ1n) is 5.49. The molecule has 1 heterocycles. The molecule has 1 N–H and O–H groups in total. The molecular formula is C12H10Cl2FN3O. The van der Waals surface area contributed by atoms with E-state index in [0.717, 1.165) is 6.07 Å². The molecule has 0 atom stereocenters. The summed E-state index contributed by atoms with van der Waals surface area (Å²) in [5, 5.41) is 3.31. The molecule has 0 aliphatic rings. The topological polar surface area (TPSA) is 47.0 Å². The average molecular weight is 302 g/mol. The predicted octanol–water partition coefficient (Wildman–Crippen LogP) is 4.15. The van der Waals surface area contributed by atoms with Gasteiger partial charge in [0, 0.05) is 6.54 Å². The predicted molar refractivity (Wildman–Crippen MR) is 72.7 cm³/mol. The molecule has 0 radical (unpaired) electrons. The minimum Gasteiger partial charge on any atom is -0.436 e. The molecule has 7 heteroatoms. The molecule has 0 saturated carbocycles. The van der Waals surface area contributed by atoms with Crippen molar-refractivity contribution >= 4 is 29.2 Å². The lowest BCUT2D eigenvalue weighted by molar-refractivity contribution is 0.461. The third-order valence-electron chi connectivity index (χ3n) is 2.15. The highest BCUT2D eigenvalue weighted by Crippen LogP contribution is 2.32. The number of ether oxygens (including phenoxy) is 1. The fourth-order valence-corrected chi connectivity index (χ4v) is 1.66. The summed E-state index contributed by atoms with van der Waals surface area (Å²) in [6.07, 6.45) is 1.42. The van der Waals surface area contributed by atoms with E-state index < -0.39 is 5.82 Å². The lowest BCUT2D eigenvalue weighted by Crippen LogP contribution is -2.03. The van der Waals surface area contributed by atoms with Gasteiger partial charge in [0.1, 0.15) is 16.6 Å². The number of benzene rings is 1. The Bertz CT molecular complexity index is 595. The zero-order valence-electron chi connectivity index (χ0n) is 9.95. The summed E-state index contributed by atoms with van der Waals surface area (Å²) in [6, 6.07) is 3.79. The zero-order chi connectivity index (χ0) is 13.8. The van der Waals surface area contributed by atoms with Gasteiger partial charge in [-0.25, -0.2) is 9.37 Å². The van der Waals surface area contributed by atoms with E-state index in [0.29, 0.717) is 12.5 Å². The maximum atomic E-state index is 12.9. The van der Waals surface area contributed by atoms with Crippen molar-refractivity contribution in [2.24, 2.45) is 0 Å². The molecule has 0 spiro atoms. The summed E-state index contributed by atoms with van der Waals surface area (Å²) < 4.78 is 18.4. The highest BCUT2D eigenvalue weighted by atomic mass is 35.5. The van der Waals surface area contributed by atoms with E-state index in [1.807, 2.05) is 6.92 Å². The number of nitrogens with zero attached hydrogens (tertiary/aromatic N) is 2. The van der Waals surface area contributed by atoms with Crippen LogP contribution in [-0.4, -0.2) is 16.5 Å². The van der Waals surface area contributed by atoms with Crippen LogP contribution in [0, 0.1) is 5.82 Å². The number of hydrogen-bond donors (Lipinski definition) is 1. The molecule has 0 saturated heterocycles. The van der Waals surface area contributed by atoms with Crippen LogP contribution in [0.25, 0.3) is 0 Å². The van der Waals surface area contributed by atoms with Gasteiger partial charge < -0.3 is 10.1 Å².